The van der Waals surface area contributed by atoms with Crippen molar-refractivity contribution >= 4 is 23.1 Å². The fourth-order valence-corrected chi connectivity index (χ4v) is 3.13. The number of ether oxygens (including phenoxy) is 1. The average molecular weight is 399 g/mol. The van der Waals surface area contributed by atoms with Crippen LogP contribution in [0, 0.1) is 17.0 Å². The van der Waals surface area contributed by atoms with Gasteiger partial charge in [-0.3, -0.25) is 19.8 Å². The Labute approximate surface area is 169 Å². The number of nitro benzene ring substituents is 1. The SMILES string of the molecule is Cc1cccc(NC(=O)c2ccc(NCCCN3CCOCC3)c([N+](=O)[O-])c2)n1. The maximum atomic E-state index is 12.4. The highest BCUT2D eigenvalue weighted by molar-refractivity contribution is 6.04. The van der Waals surface area contributed by atoms with Gasteiger partial charge >= 0.3 is 0 Å². The summed E-state index contributed by atoms with van der Waals surface area (Å²) in [6.07, 6.45) is 0.860. The molecule has 0 atom stereocenters. The summed E-state index contributed by atoms with van der Waals surface area (Å²) in [5, 5.41) is 17.3. The summed E-state index contributed by atoms with van der Waals surface area (Å²) in [7, 11) is 0. The zero-order chi connectivity index (χ0) is 20.6. The van der Waals surface area contributed by atoms with Crippen molar-refractivity contribution in [2.45, 2.75) is 13.3 Å². The van der Waals surface area contributed by atoms with Crippen molar-refractivity contribution in [1.82, 2.24) is 9.88 Å². The van der Waals surface area contributed by atoms with E-state index in [0.29, 0.717) is 18.1 Å². The maximum absolute atomic E-state index is 12.4. The molecule has 1 aliphatic heterocycles. The largest absolute Gasteiger partial charge is 0.379 e. The Hall–Kier alpha value is -3.04. The molecule has 9 heteroatoms. The molecule has 1 amide bonds. The molecule has 1 aromatic carbocycles. The molecule has 2 aromatic rings. The predicted molar refractivity (Wildman–Crippen MR) is 110 cm³/mol. The molecule has 0 saturated carbocycles. The van der Waals surface area contributed by atoms with Crippen molar-refractivity contribution in [3.8, 4) is 0 Å². The van der Waals surface area contributed by atoms with Gasteiger partial charge in [0.1, 0.15) is 11.5 Å². The Morgan fingerprint density at radius 2 is 2.07 bits per heavy atom. The first-order valence-electron chi connectivity index (χ1n) is 9.60. The summed E-state index contributed by atoms with van der Waals surface area (Å²) >= 11 is 0. The fourth-order valence-electron chi connectivity index (χ4n) is 3.13. The maximum Gasteiger partial charge on any atom is 0.293 e. The van der Waals surface area contributed by atoms with Crippen LogP contribution in [-0.4, -0.2) is 60.1 Å². The Morgan fingerprint density at radius 3 is 2.79 bits per heavy atom. The van der Waals surface area contributed by atoms with E-state index in [1.165, 1.54) is 6.07 Å². The van der Waals surface area contributed by atoms with E-state index >= 15 is 0 Å². The topological polar surface area (TPSA) is 110 Å². The van der Waals surface area contributed by atoms with Crippen molar-refractivity contribution in [3.05, 3.63) is 57.8 Å². The molecule has 29 heavy (non-hydrogen) atoms. The normalized spacial score (nSPS) is 14.4. The van der Waals surface area contributed by atoms with Crippen LogP contribution in [0.25, 0.3) is 0 Å². The van der Waals surface area contributed by atoms with Crippen LogP contribution in [0.5, 0.6) is 0 Å². The number of morpholine rings is 1. The predicted octanol–water partition coefficient (Wildman–Crippen LogP) is 2.68. The van der Waals surface area contributed by atoms with Gasteiger partial charge in [0.05, 0.1) is 18.1 Å². The van der Waals surface area contributed by atoms with Crippen LogP contribution in [0.3, 0.4) is 0 Å². The molecule has 1 aromatic heterocycles. The number of benzene rings is 1. The third-order valence-electron chi connectivity index (χ3n) is 4.66. The van der Waals surface area contributed by atoms with Gasteiger partial charge in [-0.1, -0.05) is 6.07 Å². The fraction of sp³-hybridized carbons (Fsp3) is 0.400. The third kappa shape index (κ3) is 5.97. The number of amides is 1. The summed E-state index contributed by atoms with van der Waals surface area (Å²) in [6, 6.07) is 9.71. The minimum Gasteiger partial charge on any atom is -0.379 e. The number of nitro groups is 1. The van der Waals surface area contributed by atoms with Crippen molar-refractivity contribution in [3.63, 3.8) is 0 Å². The zero-order valence-corrected chi connectivity index (χ0v) is 16.4. The van der Waals surface area contributed by atoms with Gasteiger partial charge in [0.15, 0.2) is 0 Å². The number of anilines is 2. The van der Waals surface area contributed by atoms with E-state index in [9.17, 15) is 14.9 Å². The van der Waals surface area contributed by atoms with Gasteiger partial charge < -0.3 is 15.4 Å². The minimum absolute atomic E-state index is 0.124. The van der Waals surface area contributed by atoms with Gasteiger partial charge in [0, 0.05) is 37.0 Å². The monoisotopic (exact) mass is 399 g/mol. The van der Waals surface area contributed by atoms with Gasteiger partial charge in [-0.05, 0) is 44.2 Å². The Morgan fingerprint density at radius 1 is 1.28 bits per heavy atom. The first-order valence-corrected chi connectivity index (χ1v) is 9.60. The molecule has 2 heterocycles. The number of carbonyl (C=O) groups is 1. The second-order valence-corrected chi connectivity index (χ2v) is 6.84. The zero-order valence-electron chi connectivity index (χ0n) is 16.4. The molecule has 0 radical (unpaired) electrons. The van der Waals surface area contributed by atoms with Gasteiger partial charge in [-0.25, -0.2) is 4.98 Å². The molecule has 1 aliphatic rings. The number of pyridine rings is 1. The third-order valence-corrected chi connectivity index (χ3v) is 4.66. The van der Waals surface area contributed by atoms with E-state index in [1.807, 2.05) is 13.0 Å². The Kier molecular flexibility index (Phi) is 7.09. The van der Waals surface area contributed by atoms with E-state index in [-0.39, 0.29) is 11.3 Å². The number of hydrogen-bond donors (Lipinski definition) is 2. The quantitative estimate of drug-likeness (QED) is 0.399. The van der Waals surface area contributed by atoms with E-state index in [0.717, 1.165) is 45.0 Å². The lowest BCUT2D eigenvalue weighted by molar-refractivity contribution is -0.384. The second-order valence-electron chi connectivity index (χ2n) is 6.84. The number of carbonyl (C=O) groups excluding carboxylic acids is 1. The Bertz CT molecular complexity index is 868. The van der Waals surface area contributed by atoms with Crippen molar-refractivity contribution < 1.29 is 14.5 Å². The summed E-state index contributed by atoms with van der Waals surface area (Å²) in [5.74, 6) is -0.0342. The van der Waals surface area contributed by atoms with Crippen molar-refractivity contribution in [2.24, 2.45) is 0 Å². The summed E-state index contributed by atoms with van der Waals surface area (Å²) < 4.78 is 5.32. The molecule has 1 saturated heterocycles. The highest BCUT2D eigenvalue weighted by atomic mass is 16.6. The minimum atomic E-state index is -0.480. The molecule has 0 bridgehead atoms. The smallest absolute Gasteiger partial charge is 0.293 e. The van der Waals surface area contributed by atoms with Crippen LogP contribution >= 0.6 is 0 Å². The van der Waals surface area contributed by atoms with Crippen molar-refractivity contribution in [1.29, 1.82) is 0 Å². The standard InChI is InChI=1S/C20H25N5O4/c1-15-4-2-5-19(22-15)23-20(26)16-6-7-17(18(14-16)25(27)28)21-8-3-9-24-10-12-29-13-11-24/h2,4-7,14,21H,3,8-13H2,1H3,(H,22,23,26). The molecule has 3 rings (SSSR count). The number of aromatic nitrogens is 1. The van der Waals surface area contributed by atoms with E-state index < -0.39 is 10.8 Å². The second kappa shape index (κ2) is 9.94. The lowest BCUT2D eigenvalue weighted by Gasteiger charge is -2.26. The molecule has 0 spiro atoms. The summed E-state index contributed by atoms with van der Waals surface area (Å²) in [6.45, 7) is 6.67. The van der Waals surface area contributed by atoms with Crippen LogP contribution in [-0.2, 0) is 4.74 Å². The van der Waals surface area contributed by atoms with E-state index in [4.69, 9.17) is 4.74 Å². The lowest BCUT2D eigenvalue weighted by atomic mass is 10.1. The summed E-state index contributed by atoms with van der Waals surface area (Å²) in [5.41, 5.74) is 1.26. The van der Waals surface area contributed by atoms with Crippen molar-refractivity contribution in [2.75, 3.05) is 50.0 Å². The average Bonchev–Trinajstić information content (AvgIpc) is 2.72. The Balaban J connectivity index is 1.60. The van der Waals surface area contributed by atoms with Gasteiger partial charge in [0.25, 0.3) is 11.6 Å². The van der Waals surface area contributed by atoms with Crippen LogP contribution < -0.4 is 10.6 Å². The number of aryl methyl sites for hydroxylation is 1. The lowest BCUT2D eigenvalue weighted by Crippen LogP contribution is -2.37. The van der Waals surface area contributed by atoms with E-state index in [1.54, 1.807) is 24.3 Å². The number of rotatable bonds is 8. The number of nitrogens with one attached hydrogen (secondary N) is 2. The molecular formula is C20H25N5O4. The first kappa shape index (κ1) is 20.7. The highest BCUT2D eigenvalue weighted by Gasteiger charge is 2.18. The molecule has 0 unspecified atom stereocenters. The number of hydrogen-bond acceptors (Lipinski definition) is 7. The van der Waals surface area contributed by atoms with Gasteiger partial charge in [-0.15, -0.1) is 0 Å². The van der Waals surface area contributed by atoms with Gasteiger partial charge in [0.2, 0.25) is 0 Å². The van der Waals surface area contributed by atoms with E-state index in [2.05, 4.69) is 20.5 Å². The summed E-state index contributed by atoms with van der Waals surface area (Å²) in [4.78, 5) is 30.0. The van der Waals surface area contributed by atoms with Crippen LogP contribution in [0.2, 0.25) is 0 Å². The molecule has 0 aliphatic carbocycles. The highest BCUT2D eigenvalue weighted by Crippen LogP contribution is 2.26. The molecule has 1 fully saturated rings. The number of nitrogens with zero attached hydrogens (tertiary/aromatic N) is 3. The molecule has 9 nitrogen and oxygen atoms in total. The molecule has 154 valence electrons. The van der Waals surface area contributed by atoms with Crippen LogP contribution in [0.1, 0.15) is 22.5 Å². The molecular weight excluding hydrogens is 374 g/mol. The van der Waals surface area contributed by atoms with Crippen LogP contribution in [0.15, 0.2) is 36.4 Å². The van der Waals surface area contributed by atoms with Crippen LogP contribution in [0.4, 0.5) is 17.2 Å². The first-order chi connectivity index (χ1) is 14.0. The van der Waals surface area contributed by atoms with Gasteiger partial charge in [-0.2, -0.15) is 0 Å². The molecule has 2 N–H and O–H groups in total.